The predicted octanol–water partition coefficient (Wildman–Crippen LogP) is 2.54. The van der Waals surface area contributed by atoms with Crippen LogP contribution >= 0.6 is 17.0 Å². The van der Waals surface area contributed by atoms with E-state index in [0.717, 1.165) is 6.61 Å². The third-order valence-corrected chi connectivity index (χ3v) is 9.06. The molecule has 0 aliphatic heterocycles. The van der Waals surface area contributed by atoms with Gasteiger partial charge in [0.1, 0.15) is 0 Å². The Labute approximate surface area is 117 Å². The van der Waals surface area contributed by atoms with Gasteiger partial charge in [-0.25, -0.2) is 0 Å². The second-order valence-electron chi connectivity index (χ2n) is 3.59. The summed E-state index contributed by atoms with van der Waals surface area (Å²) in [6.45, 7) is 7.17. The summed E-state index contributed by atoms with van der Waals surface area (Å²) >= 11 is -1.84. The van der Waals surface area contributed by atoms with Crippen LogP contribution in [0.4, 0.5) is 0 Å². The fourth-order valence-corrected chi connectivity index (χ4v) is 7.41. The third-order valence-electron chi connectivity index (χ3n) is 2.39. The second-order valence-corrected chi connectivity index (χ2v) is 10.4. The van der Waals surface area contributed by atoms with Crippen LogP contribution < -0.4 is 9.31 Å². The molecule has 0 heterocycles. The molecule has 1 radical (unpaired) electrons. The van der Waals surface area contributed by atoms with Crippen molar-refractivity contribution in [2.75, 3.05) is 6.61 Å². The van der Waals surface area contributed by atoms with Gasteiger partial charge in [-0.2, -0.15) is 0 Å². The molecule has 16 heavy (non-hydrogen) atoms. The second kappa shape index (κ2) is 8.50. The summed E-state index contributed by atoms with van der Waals surface area (Å²) in [7, 11) is 0. The minimum absolute atomic E-state index is 0. The minimum atomic E-state index is -1.84. The fourth-order valence-electron chi connectivity index (χ4n) is 1.69. The number of rotatable bonds is 5. The van der Waals surface area contributed by atoms with E-state index in [0.29, 0.717) is 0 Å². The summed E-state index contributed by atoms with van der Waals surface area (Å²) in [5, 5.41) is 0. The van der Waals surface area contributed by atoms with Crippen LogP contribution in [0.2, 0.25) is 4.44 Å². The van der Waals surface area contributed by atoms with Gasteiger partial charge in [-0.1, -0.05) is 0 Å². The van der Waals surface area contributed by atoms with Crippen LogP contribution in [-0.4, -0.2) is 26.8 Å². The van der Waals surface area contributed by atoms with Gasteiger partial charge in [-0.3, -0.25) is 0 Å². The first-order valence-corrected chi connectivity index (χ1v) is 10.1. The van der Waals surface area contributed by atoms with Crippen molar-refractivity contribution >= 4 is 40.7 Å². The Morgan fingerprint density at radius 2 is 1.94 bits per heavy atom. The number of hydrogen-bond acceptors (Lipinski definition) is 2. The molecule has 91 valence electrons. The van der Waals surface area contributed by atoms with Crippen molar-refractivity contribution in [3.8, 4) is 0 Å². The van der Waals surface area contributed by atoms with Gasteiger partial charge in [-0.05, 0) is 0 Å². The Morgan fingerprint density at radius 3 is 2.44 bits per heavy atom. The molecule has 0 aliphatic carbocycles. The van der Waals surface area contributed by atoms with E-state index in [2.05, 4.69) is 38.1 Å². The van der Waals surface area contributed by atoms with Gasteiger partial charge in [0.25, 0.3) is 0 Å². The van der Waals surface area contributed by atoms with E-state index in [4.69, 9.17) is 8.81 Å². The number of hydrogen-bond donors (Lipinski definition) is 1. The molecule has 1 aromatic rings. The number of halogens is 1. The molecule has 0 amide bonds. The third kappa shape index (κ3) is 4.35. The molecule has 2 N–H and O–H groups in total. The molecule has 0 bridgehead atoms. The van der Waals surface area contributed by atoms with E-state index in [1.54, 1.807) is 0 Å². The normalized spacial score (nSPS) is 12.3. The first-order chi connectivity index (χ1) is 7.20. The Bertz CT molecular complexity index is 307. The first-order valence-electron chi connectivity index (χ1n) is 5.54. The van der Waals surface area contributed by atoms with Crippen LogP contribution in [0.15, 0.2) is 24.3 Å². The van der Waals surface area contributed by atoms with E-state index in [-0.39, 0.29) is 23.0 Å². The molecular weight excluding hydrogens is 373 g/mol. The van der Waals surface area contributed by atoms with Gasteiger partial charge in [0.15, 0.2) is 0 Å². The van der Waals surface area contributed by atoms with Gasteiger partial charge >= 0.3 is 100 Å². The van der Waals surface area contributed by atoms with Gasteiger partial charge in [0.05, 0.1) is 0 Å². The molecule has 0 saturated heterocycles. The summed E-state index contributed by atoms with van der Waals surface area (Å²) in [6, 6.07) is 8.60. The van der Waals surface area contributed by atoms with E-state index < -0.39 is 20.2 Å². The molecule has 0 aliphatic rings. The van der Waals surface area contributed by atoms with Crippen LogP contribution in [0.1, 0.15) is 32.4 Å². The average molecular weight is 394 g/mol. The van der Waals surface area contributed by atoms with Crippen molar-refractivity contribution in [1.29, 1.82) is 0 Å². The van der Waals surface area contributed by atoms with Crippen molar-refractivity contribution in [3.63, 3.8) is 0 Å². The number of benzene rings is 1. The van der Waals surface area contributed by atoms with Gasteiger partial charge in [0.2, 0.25) is 0 Å². The van der Waals surface area contributed by atoms with E-state index in [1.807, 2.05) is 6.92 Å². The molecule has 1 aromatic carbocycles. The van der Waals surface area contributed by atoms with E-state index >= 15 is 0 Å². The average Bonchev–Trinajstić information content (AvgIpc) is 2.26. The Morgan fingerprint density at radius 1 is 1.31 bits per heavy atom. The molecule has 1 rings (SSSR count). The van der Waals surface area contributed by atoms with Crippen molar-refractivity contribution in [2.24, 2.45) is 5.73 Å². The molecular formula is C12H21BrNOSn. The Hall–Kier alpha value is 0.419. The summed E-state index contributed by atoms with van der Waals surface area (Å²) in [6.07, 6.45) is 0. The van der Waals surface area contributed by atoms with Crippen LogP contribution in [0.5, 0.6) is 0 Å². The van der Waals surface area contributed by atoms with Crippen LogP contribution in [0, 0.1) is 0 Å². The Kier molecular flexibility index (Phi) is 8.72. The van der Waals surface area contributed by atoms with Crippen molar-refractivity contribution in [3.05, 3.63) is 29.8 Å². The summed E-state index contributed by atoms with van der Waals surface area (Å²) in [4.78, 5) is 0. The topological polar surface area (TPSA) is 35.2 Å². The predicted molar refractivity (Wildman–Crippen MR) is 76.9 cm³/mol. The quantitative estimate of drug-likeness (QED) is 0.780. The summed E-state index contributed by atoms with van der Waals surface area (Å²) in [5.74, 6) is 0. The maximum absolute atomic E-state index is 5.98. The van der Waals surface area contributed by atoms with Crippen LogP contribution in [0.3, 0.4) is 0 Å². The monoisotopic (exact) mass is 394 g/mol. The van der Waals surface area contributed by atoms with Gasteiger partial charge in [0, 0.05) is 0 Å². The molecule has 1 atom stereocenters. The zero-order valence-electron chi connectivity index (χ0n) is 10.2. The van der Waals surface area contributed by atoms with Gasteiger partial charge < -0.3 is 0 Å². The molecule has 0 fully saturated rings. The molecule has 2 nitrogen and oxygen atoms in total. The summed E-state index contributed by atoms with van der Waals surface area (Å²) < 4.78 is 8.52. The van der Waals surface area contributed by atoms with Crippen LogP contribution in [-0.2, 0) is 3.07 Å². The zero-order chi connectivity index (χ0) is 11.3. The fraction of sp³-hybridized carbons (Fsp3) is 0.500. The number of nitrogens with two attached hydrogens (primary N) is 1. The van der Waals surface area contributed by atoms with Gasteiger partial charge in [-0.15, -0.1) is 17.0 Å². The standard InChI is InChI=1S/C8H10N.C2H5O.C2H5.BrH.Sn/c1-7(9)8-5-3-2-4-6-8;1-2-3;1-2;;/h2-5,7H,9H2,1H3;2H2,1H3;1H2,2H3;1H;/q;-1;;;+1. The van der Waals surface area contributed by atoms with Crippen LogP contribution in [0.25, 0.3) is 0 Å². The molecule has 0 saturated carbocycles. The maximum atomic E-state index is 5.98. The molecule has 0 spiro atoms. The zero-order valence-corrected chi connectivity index (χ0v) is 14.8. The van der Waals surface area contributed by atoms with E-state index in [9.17, 15) is 0 Å². The molecule has 0 aromatic heterocycles. The van der Waals surface area contributed by atoms with E-state index in [1.165, 1.54) is 13.6 Å². The molecule has 1 unspecified atom stereocenters. The van der Waals surface area contributed by atoms with Crippen molar-refractivity contribution in [2.45, 2.75) is 31.2 Å². The SMILES string of the molecule is Br.CC[O][Sn]([CH2]C)[c]1ccccc1C(C)N. The first kappa shape index (κ1) is 16.4. The van der Waals surface area contributed by atoms with Crippen molar-refractivity contribution < 1.29 is 3.07 Å². The molecule has 4 heteroatoms. The summed E-state index contributed by atoms with van der Waals surface area (Å²) in [5.41, 5.74) is 7.26. The van der Waals surface area contributed by atoms with Crippen molar-refractivity contribution in [1.82, 2.24) is 0 Å². The Balaban J connectivity index is 0.00000225.